The average molecular weight is 652 g/mol. The van der Waals surface area contributed by atoms with Crippen LogP contribution in [0.15, 0.2) is 47.3 Å². The predicted molar refractivity (Wildman–Crippen MR) is 174 cm³/mol. The molecule has 9 nitrogen and oxygen atoms in total. The monoisotopic (exact) mass is 651 g/mol. The van der Waals surface area contributed by atoms with Crippen LogP contribution in [0, 0.1) is 22.7 Å². The summed E-state index contributed by atoms with van der Waals surface area (Å²) in [6.45, 7) is 15.5. The topological polar surface area (TPSA) is 94.6 Å². The van der Waals surface area contributed by atoms with Crippen LogP contribution in [0.4, 0.5) is 23.8 Å². The first-order valence-corrected chi connectivity index (χ1v) is 15.7. The number of pyridine rings is 1. The normalized spacial score (nSPS) is 15.6. The predicted octanol–water partition coefficient (Wildman–Crippen LogP) is 6.80. The van der Waals surface area contributed by atoms with Crippen molar-refractivity contribution in [1.82, 2.24) is 14.5 Å². The van der Waals surface area contributed by atoms with Gasteiger partial charge in [-0.1, -0.05) is 52.0 Å². The molecule has 12 heteroatoms. The van der Waals surface area contributed by atoms with Gasteiger partial charge in [-0.15, -0.1) is 4.57 Å². The number of hydrogen-bond acceptors (Lipinski definition) is 6. The minimum Gasteiger partial charge on any atom is -0.710 e. The number of benzene rings is 2. The fourth-order valence-electron chi connectivity index (χ4n) is 6.14. The zero-order valence-electron chi connectivity index (χ0n) is 27.9. The minimum absolute atomic E-state index is 0.0229. The Hall–Kier alpha value is -4.61. The zero-order valence-corrected chi connectivity index (χ0v) is 27.9. The van der Waals surface area contributed by atoms with Gasteiger partial charge in [0, 0.05) is 36.8 Å². The van der Waals surface area contributed by atoms with Crippen molar-refractivity contribution in [2.24, 2.45) is 0 Å². The van der Waals surface area contributed by atoms with Crippen molar-refractivity contribution in [3.63, 3.8) is 0 Å². The SMILES string of the molecule is CC(C)c1cccc(C(C)C)c1-n1c(=O)nc(N2CCN(C(=O)OC(C)(C)C)C[C@@H]2C)c2cc(F)c(-c3c(F)cccc3F)[n+]([O-])c21. The van der Waals surface area contributed by atoms with Crippen molar-refractivity contribution in [1.29, 1.82) is 0 Å². The van der Waals surface area contributed by atoms with Crippen LogP contribution in [-0.4, -0.2) is 51.8 Å². The summed E-state index contributed by atoms with van der Waals surface area (Å²) in [5.74, 6) is -3.63. The molecule has 1 aliphatic rings. The van der Waals surface area contributed by atoms with Gasteiger partial charge in [0.25, 0.3) is 0 Å². The Kier molecular flexibility index (Phi) is 9.00. The lowest BCUT2D eigenvalue weighted by Crippen LogP contribution is -2.55. The Labute approximate surface area is 271 Å². The van der Waals surface area contributed by atoms with Crippen LogP contribution >= 0.6 is 0 Å². The molecule has 2 aromatic carbocycles. The van der Waals surface area contributed by atoms with Crippen molar-refractivity contribution < 1.29 is 27.4 Å². The number of piperazine rings is 1. The second-order valence-electron chi connectivity index (χ2n) is 13.6. The Morgan fingerprint density at radius 2 is 1.55 bits per heavy atom. The summed E-state index contributed by atoms with van der Waals surface area (Å²) in [5, 5.41) is 14.4. The Morgan fingerprint density at radius 1 is 0.979 bits per heavy atom. The lowest BCUT2D eigenvalue weighted by Gasteiger charge is -2.40. The molecule has 0 N–H and O–H groups in total. The molecule has 2 aromatic heterocycles. The number of para-hydroxylation sites is 1. The summed E-state index contributed by atoms with van der Waals surface area (Å²) in [5.41, 5.74) is -1.71. The van der Waals surface area contributed by atoms with Crippen molar-refractivity contribution in [3.05, 3.63) is 86.7 Å². The summed E-state index contributed by atoms with van der Waals surface area (Å²) in [4.78, 5) is 34.8. The summed E-state index contributed by atoms with van der Waals surface area (Å²) >= 11 is 0. The van der Waals surface area contributed by atoms with Crippen LogP contribution in [-0.2, 0) is 4.74 Å². The number of amides is 1. The second-order valence-corrected chi connectivity index (χ2v) is 13.6. The van der Waals surface area contributed by atoms with Gasteiger partial charge in [0.15, 0.2) is 17.3 Å². The number of nitrogens with zero attached hydrogens (tertiary/aromatic N) is 5. The number of anilines is 1. The van der Waals surface area contributed by atoms with Crippen LogP contribution in [0.25, 0.3) is 28.0 Å². The van der Waals surface area contributed by atoms with E-state index in [4.69, 9.17) is 4.74 Å². The van der Waals surface area contributed by atoms with E-state index in [9.17, 15) is 14.8 Å². The highest BCUT2D eigenvalue weighted by molar-refractivity contribution is 5.88. The average Bonchev–Trinajstić information content (AvgIpc) is 2.97. The third-order valence-corrected chi connectivity index (χ3v) is 8.30. The molecule has 1 fully saturated rings. The molecule has 1 saturated heterocycles. The molecule has 3 heterocycles. The summed E-state index contributed by atoms with van der Waals surface area (Å²) in [6.07, 6.45) is -0.497. The quantitative estimate of drug-likeness (QED) is 0.174. The fraction of sp³-hybridized carbons (Fsp3) is 0.429. The maximum atomic E-state index is 16.1. The van der Waals surface area contributed by atoms with E-state index in [1.807, 2.05) is 52.8 Å². The van der Waals surface area contributed by atoms with Crippen molar-refractivity contribution in [3.8, 4) is 16.9 Å². The first-order chi connectivity index (χ1) is 22.0. The maximum absolute atomic E-state index is 16.1. The Morgan fingerprint density at radius 3 is 2.09 bits per heavy atom. The molecule has 0 saturated carbocycles. The molecule has 0 aliphatic carbocycles. The van der Waals surface area contributed by atoms with E-state index in [0.29, 0.717) is 5.69 Å². The van der Waals surface area contributed by atoms with Gasteiger partial charge in [0.1, 0.15) is 28.3 Å². The van der Waals surface area contributed by atoms with Gasteiger partial charge >= 0.3 is 17.4 Å². The van der Waals surface area contributed by atoms with Crippen LogP contribution in [0.1, 0.15) is 78.4 Å². The number of hydrogen-bond donors (Lipinski definition) is 0. The fourth-order valence-corrected chi connectivity index (χ4v) is 6.14. The molecule has 250 valence electrons. The van der Waals surface area contributed by atoms with Gasteiger partial charge in [-0.25, -0.2) is 27.5 Å². The summed E-state index contributed by atoms with van der Waals surface area (Å²) in [6, 6.07) is 9.10. The smallest absolute Gasteiger partial charge is 0.442 e. The number of rotatable bonds is 5. The third kappa shape index (κ3) is 6.25. The number of fused-ring (bicyclic) bond motifs is 1. The lowest BCUT2D eigenvalue weighted by atomic mass is 9.92. The lowest BCUT2D eigenvalue weighted by molar-refractivity contribution is -0.569. The first-order valence-electron chi connectivity index (χ1n) is 15.7. The van der Waals surface area contributed by atoms with Crippen molar-refractivity contribution >= 4 is 22.9 Å². The highest BCUT2D eigenvalue weighted by atomic mass is 19.1. The number of carbonyl (C=O) groups is 1. The molecule has 1 aliphatic heterocycles. The van der Waals surface area contributed by atoms with Gasteiger partial charge in [-0.05, 0) is 57.7 Å². The van der Waals surface area contributed by atoms with Crippen molar-refractivity contribution in [2.45, 2.75) is 78.9 Å². The van der Waals surface area contributed by atoms with Crippen LogP contribution < -0.4 is 15.3 Å². The van der Waals surface area contributed by atoms with Crippen LogP contribution in [0.2, 0.25) is 0 Å². The third-order valence-electron chi connectivity index (χ3n) is 8.30. The Balaban J connectivity index is 1.82. The van der Waals surface area contributed by atoms with Gasteiger partial charge in [-0.3, -0.25) is 0 Å². The molecule has 0 bridgehead atoms. The molecule has 0 unspecified atom stereocenters. The van der Waals surface area contributed by atoms with Crippen molar-refractivity contribution in [2.75, 3.05) is 24.5 Å². The second kappa shape index (κ2) is 12.5. The van der Waals surface area contributed by atoms with E-state index < -0.39 is 52.1 Å². The number of ether oxygens (including phenoxy) is 1. The van der Waals surface area contributed by atoms with E-state index in [-0.39, 0.29) is 53.1 Å². The van der Waals surface area contributed by atoms with Crippen LogP contribution in [0.3, 0.4) is 0 Å². The minimum atomic E-state index is -1.19. The number of carbonyl (C=O) groups excluding carboxylic acids is 1. The zero-order chi connectivity index (χ0) is 34.5. The Bertz CT molecular complexity index is 1870. The molecule has 5 rings (SSSR count). The number of aromatic nitrogens is 3. The van der Waals surface area contributed by atoms with Gasteiger partial charge in [0.05, 0.1) is 5.56 Å². The van der Waals surface area contributed by atoms with Crippen LogP contribution in [0.5, 0.6) is 0 Å². The molecule has 1 atom stereocenters. The molecule has 47 heavy (non-hydrogen) atoms. The molecular formula is C35H40F3N5O4. The highest BCUT2D eigenvalue weighted by Crippen LogP contribution is 2.36. The summed E-state index contributed by atoms with van der Waals surface area (Å²) in [7, 11) is 0. The first kappa shape index (κ1) is 33.7. The van der Waals surface area contributed by atoms with E-state index >= 15 is 13.2 Å². The van der Waals surface area contributed by atoms with Gasteiger partial charge in [0.2, 0.25) is 0 Å². The van der Waals surface area contributed by atoms with Gasteiger partial charge in [-0.2, -0.15) is 4.98 Å². The highest BCUT2D eigenvalue weighted by Gasteiger charge is 2.36. The maximum Gasteiger partial charge on any atom is 0.442 e. The number of halogens is 3. The molecule has 4 aromatic rings. The molecule has 0 spiro atoms. The van der Waals surface area contributed by atoms with Gasteiger partial charge < -0.3 is 19.7 Å². The molecular weight excluding hydrogens is 611 g/mol. The standard InChI is InChI=1S/C35H40F3N5O4/c1-19(2)22-11-9-12-23(20(3)4)29(22)42-32-24(17-27(38)30(43(32)46)28-25(36)13-10-14-26(28)37)31(39-33(42)44)41-16-15-40(18-21(41)5)34(45)47-35(6,7)8/h9-14,17,19-21H,15-16,18H2,1-8H3/t21-/m0/s1. The molecule has 1 amide bonds. The summed E-state index contributed by atoms with van der Waals surface area (Å²) < 4.78 is 53.0. The molecule has 0 radical (unpaired) electrons. The van der Waals surface area contributed by atoms with E-state index in [1.165, 1.54) is 4.90 Å². The van der Waals surface area contributed by atoms with E-state index in [2.05, 4.69) is 4.98 Å². The largest absolute Gasteiger partial charge is 0.710 e. The van der Waals surface area contributed by atoms with E-state index in [1.54, 1.807) is 25.7 Å². The van der Waals surface area contributed by atoms with E-state index in [0.717, 1.165) is 40.0 Å².